The first kappa shape index (κ1) is 19.2. The maximum Gasteiger partial charge on any atom is 0.416 e. The number of amides is 1. The summed E-state index contributed by atoms with van der Waals surface area (Å²) in [6.07, 6.45) is -4.83. The topological polar surface area (TPSA) is 130 Å². The van der Waals surface area contributed by atoms with E-state index in [1.54, 1.807) is 0 Å². The van der Waals surface area contributed by atoms with Gasteiger partial charge in [0.15, 0.2) is 0 Å². The number of aliphatic carboxylic acids is 2. The number of fused-ring (bicyclic) bond motifs is 1. The Labute approximate surface area is 151 Å². The molecule has 0 radical (unpaired) electrons. The quantitative estimate of drug-likeness (QED) is 0.610. The highest BCUT2D eigenvalue weighted by Gasteiger charge is 2.73. The minimum atomic E-state index is -4.55. The Morgan fingerprint density at radius 2 is 1.93 bits per heavy atom. The average Bonchev–Trinajstić information content (AvgIpc) is 3.23. The number of rotatable bonds is 5. The molecule has 0 heterocycles. The summed E-state index contributed by atoms with van der Waals surface area (Å²) in [4.78, 5) is 35.0. The third-order valence-corrected chi connectivity index (χ3v) is 5.42. The first-order chi connectivity index (χ1) is 12.4. The Morgan fingerprint density at radius 3 is 2.48 bits per heavy atom. The second-order valence-corrected chi connectivity index (χ2v) is 7.11. The molecular weight excluding hydrogens is 369 g/mol. The maximum absolute atomic E-state index is 12.7. The maximum atomic E-state index is 12.7. The van der Waals surface area contributed by atoms with Gasteiger partial charge in [0.1, 0.15) is 5.54 Å². The van der Waals surface area contributed by atoms with E-state index in [2.05, 4.69) is 5.32 Å². The third-order valence-electron chi connectivity index (χ3n) is 5.42. The fraction of sp³-hybridized carbons (Fsp3) is 0.471. The molecule has 1 aromatic rings. The second-order valence-electron chi connectivity index (χ2n) is 7.11. The van der Waals surface area contributed by atoms with Crippen LogP contribution in [0.2, 0.25) is 0 Å². The van der Waals surface area contributed by atoms with Gasteiger partial charge in [0, 0.05) is 18.0 Å². The summed E-state index contributed by atoms with van der Waals surface area (Å²) in [5.41, 5.74) is 3.20. The van der Waals surface area contributed by atoms with Crippen LogP contribution in [0.1, 0.15) is 18.4 Å². The second kappa shape index (κ2) is 6.22. The van der Waals surface area contributed by atoms with Gasteiger partial charge in [-0.25, -0.2) is 0 Å². The van der Waals surface area contributed by atoms with E-state index in [9.17, 15) is 37.8 Å². The van der Waals surface area contributed by atoms with E-state index in [1.165, 1.54) is 6.07 Å². The number of nitrogens with one attached hydrogen (secondary N) is 1. The number of carboxylic acids is 2. The van der Waals surface area contributed by atoms with Crippen LogP contribution in [0.15, 0.2) is 24.3 Å². The highest BCUT2D eigenvalue weighted by atomic mass is 19.4. The Bertz CT molecular complexity index is 812. The van der Waals surface area contributed by atoms with Crippen molar-refractivity contribution in [1.82, 2.24) is 0 Å². The minimum absolute atomic E-state index is 0.0489. The molecule has 27 heavy (non-hydrogen) atoms. The van der Waals surface area contributed by atoms with Gasteiger partial charge >= 0.3 is 18.1 Å². The molecule has 1 aromatic carbocycles. The summed E-state index contributed by atoms with van der Waals surface area (Å²) in [5.74, 6) is -5.88. The van der Waals surface area contributed by atoms with Gasteiger partial charge in [-0.05, 0) is 36.5 Å². The van der Waals surface area contributed by atoms with Crippen molar-refractivity contribution in [1.29, 1.82) is 0 Å². The Hall–Kier alpha value is -2.62. The molecule has 5 N–H and O–H groups in total. The van der Waals surface area contributed by atoms with Gasteiger partial charge in [0.25, 0.3) is 0 Å². The molecule has 0 bridgehead atoms. The van der Waals surface area contributed by atoms with Gasteiger partial charge in [-0.15, -0.1) is 0 Å². The smallest absolute Gasteiger partial charge is 0.416 e. The van der Waals surface area contributed by atoms with Gasteiger partial charge in [0.05, 0.1) is 11.5 Å². The van der Waals surface area contributed by atoms with Gasteiger partial charge in [0.2, 0.25) is 5.91 Å². The molecule has 10 heteroatoms. The largest absolute Gasteiger partial charge is 0.481 e. The van der Waals surface area contributed by atoms with Crippen molar-refractivity contribution in [3.63, 3.8) is 0 Å². The average molecular weight is 386 g/mol. The van der Waals surface area contributed by atoms with E-state index >= 15 is 0 Å². The SMILES string of the molecule is N[C@@]1(C(=O)O)C[C@H](CC(=O)Nc2cccc(C(F)(F)F)c2)C2C1[C@H]2C(=O)O. The third kappa shape index (κ3) is 3.36. The summed E-state index contributed by atoms with van der Waals surface area (Å²) in [6.45, 7) is 0. The zero-order chi connectivity index (χ0) is 20.1. The van der Waals surface area contributed by atoms with Crippen molar-refractivity contribution >= 4 is 23.5 Å². The Morgan fingerprint density at radius 1 is 1.26 bits per heavy atom. The normalized spacial score (nSPS) is 31.9. The summed E-state index contributed by atoms with van der Waals surface area (Å²) in [6, 6.07) is 4.11. The lowest BCUT2D eigenvalue weighted by Crippen LogP contribution is -2.50. The number of alkyl halides is 3. The number of hydrogen-bond acceptors (Lipinski definition) is 4. The first-order valence-corrected chi connectivity index (χ1v) is 8.17. The predicted octanol–water partition coefficient (Wildman–Crippen LogP) is 1.78. The highest BCUT2D eigenvalue weighted by Crippen LogP contribution is 2.65. The lowest BCUT2D eigenvalue weighted by Gasteiger charge is -2.24. The van der Waals surface area contributed by atoms with Crippen molar-refractivity contribution in [2.24, 2.45) is 29.4 Å². The molecule has 2 fully saturated rings. The fourth-order valence-corrected chi connectivity index (χ4v) is 4.27. The lowest BCUT2D eigenvalue weighted by molar-refractivity contribution is -0.146. The van der Waals surface area contributed by atoms with Crippen LogP contribution in [0.4, 0.5) is 18.9 Å². The first-order valence-electron chi connectivity index (χ1n) is 8.17. The Balaban J connectivity index is 1.70. The molecule has 2 unspecified atom stereocenters. The summed E-state index contributed by atoms with van der Waals surface area (Å²) in [7, 11) is 0. The number of nitrogens with two attached hydrogens (primary N) is 1. The van der Waals surface area contributed by atoms with Crippen LogP contribution >= 0.6 is 0 Å². The molecule has 3 rings (SSSR count). The van der Waals surface area contributed by atoms with E-state index in [1.807, 2.05) is 0 Å². The van der Waals surface area contributed by atoms with Crippen molar-refractivity contribution in [2.75, 3.05) is 5.32 Å². The molecule has 1 amide bonds. The van der Waals surface area contributed by atoms with Crippen LogP contribution in [0.5, 0.6) is 0 Å². The predicted molar refractivity (Wildman–Crippen MR) is 85.5 cm³/mol. The number of carbonyl (C=O) groups is 3. The van der Waals surface area contributed by atoms with Gasteiger partial charge in [-0.1, -0.05) is 6.07 Å². The van der Waals surface area contributed by atoms with E-state index in [-0.39, 0.29) is 18.5 Å². The molecule has 0 aliphatic heterocycles. The van der Waals surface area contributed by atoms with E-state index in [4.69, 9.17) is 5.73 Å². The monoisotopic (exact) mass is 386 g/mol. The summed E-state index contributed by atoms with van der Waals surface area (Å²) >= 11 is 0. The summed E-state index contributed by atoms with van der Waals surface area (Å²) in [5, 5.41) is 20.9. The molecule has 0 saturated heterocycles. The van der Waals surface area contributed by atoms with E-state index in [0.717, 1.165) is 18.2 Å². The van der Waals surface area contributed by atoms with Crippen molar-refractivity contribution in [2.45, 2.75) is 24.6 Å². The number of anilines is 1. The lowest BCUT2D eigenvalue weighted by atomic mass is 9.86. The Kier molecular flexibility index (Phi) is 4.41. The number of benzene rings is 1. The number of carboxylic acid groups (broad SMARTS) is 2. The zero-order valence-electron chi connectivity index (χ0n) is 13.9. The molecule has 5 atom stereocenters. The van der Waals surface area contributed by atoms with E-state index < -0.39 is 58.8 Å². The molecule has 146 valence electrons. The highest BCUT2D eigenvalue weighted by molar-refractivity contribution is 5.92. The summed E-state index contributed by atoms with van der Waals surface area (Å²) < 4.78 is 38.2. The molecule has 2 aliphatic rings. The molecule has 2 saturated carbocycles. The number of carbonyl (C=O) groups excluding carboxylic acids is 1. The number of halogens is 3. The standard InChI is InChI=1S/C17H17F3N2O5/c18-17(19,20)8-2-1-3-9(5-8)22-10(23)4-7-6-16(21,15(26)27)13-11(7)12(13)14(24)25/h1-3,5,7,11-13H,4,6,21H2,(H,22,23)(H,24,25)(H,26,27)/t7-,11?,12-,13?,16-/m0/s1. The molecule has 0 aromatic heterocycles. The molecular formula is C17H17F3N2O5. The zero-order valence-corrected chi connectivity index (χ0v) is 13.9. The van der Waals surface area contributed by atoms with Crippen LogP contribution in [0.3, 0.4) is 0 Å². The molecule has 2 aliphatic carbocycles. The van der Waals surface area contributed by atoms with Crippen LogP contribution in [0, 0.1) is 23.7 Å². The van der Waals surface area contributed by atoms with Crippen LogP contribution in [-0.4, -0.2) is 33.6 Å². The van der Waals surface area contributed by atoms with Crippen molar-refractivity contribution < 1.29 is 37.8 Å². The number of hydrogen-bond donors (Lipinski definition) is 4. The van der Waals surface area contributed by atoms with Gasteiger partial charge in [-0.2, -0.15) is 13.2 Å². The molecule has 7 nitrogen and oxygen atoms in total. The van der Waals surface area contributed by atoms with Gasteiger partial charge < -0.3 is 21.3 Å². The fourth-order valence-electron chi connectivity index (χ4n) is 4.27. The van der Waals surface area contributed by atoms with Crippen LogP contribution in [-0.2, 0) is 20.6 Å². The van der Waals surface area contributed by atoms with Crippen molar-refractivity contribution in [3.8, 4) is 0 Å². The van der Waals surface area contributed by atoms with Crippen LogP contribution in [0.25, 0.3) is 0 Å². The van der Waals surface area contributed by atoms with E-state index in [0.29, 0.717) is 0 Å². The molecule has 0 spiro atoms. The van der Waals surface area contributed by atoms with Crippen LogP contribution < -0.4 is 11.1 Å². The van der Waals surface area contributed by atoms with Gasteiger partial charge in [-0.3, -0.25) is 14.4 Å². The minimum Gasteiger partial charge on any atom is -0.481 e. The van der Waals surface area contributed by atoms with Crippen molar-refractivity contribution in [3.05, 3.63) is 29.8 Å².